The summed E-state index contributed by atoms with van der Waals surface area (Å²) in [4.78, 5) is 45.6. The fourth-order valence-electron chi connectivity index (χ4n) is 3.36. The molecule has 0 spiro atoms. The van der Waals surface area contributed by atoms with Gasteiger partial charge in [-0.2, -0.15) is 0 Å². The maximum atomic E-state index is 12.8. The number of carboxylic acids is 2. The van der Waals surface area contributed by atoms with E-state index in [4.69, 9.17) is 10.2 Å². The molecule has 2 rings (SSSR count). The number of sulfonamides is 1. The molecule has 0 saturated carbocycles. The number of amides is 1. The van der Waals surface area contributed by atoms with E-state index in [1.807, 2.05) is 0 Å². The molecule has 11 nitrogen and oxygen atoms in total. The molecule has 12 heteroatoms. The second kappa shape index (κ2) is 12.6. The average molecular weight is 507 g/mol. The molecule has 0 aliphatic heterocycles. The van der Waals surface area contributed by atoms with Crippen molar-refractivity contribution >= 4 is 34.2 Å². The number of hydrogen-bond acceptors (Lipinski definition) is 7. The standard InChI is InChI=1S/C23H26N2O9S/c26-14-16(12-21(28)29)25-22(30)18(15-6-2-1-3-7-15)8-4-5-11-24-35(33,34)17-9-10-20(27)19(13-17)23(31)32/h1-3,6-7,9-10,13-14,16,18,24,27H,4-5,8,11-12H2,(H,25,30)(H,28,29)(H,31,32). The smallest absolute Gasteiger partial charge is 0.339 e. The minimum Gasteiger partial charge on any atom is -0.507 e. The third-order valence-corrected chi connectivity index (χ3v) is 6.58. The molecule has 2 atom stereocenters. The first-order valence-electron chi connectivity index (χ1n) is 10.6. The molecule has 0 aliphatic carbocycles. The average Bonchev–Trinajstić information content (AvgIpc) is 2.81. The minimum absolute atomic E-state index is 0.00468. The Hall–Kier alpha value is -3.77. The highest BCUT2D eigenvalue weighted by Crippen LogP contribution is 2.23. The number of carbonyl (C=O) groups excluding carboxylic acids is 2. The Kier molecular flexibility index (Phi) is 9.91. The van der Waals surface area contributed by atoms with Crippen LogP contribution in [0, 0.1) is 0 Å². The van der Waals surface area contributed by atoms with E-state index in [0.29, 0.717) is 31.1 Å². The van der Waals surface area contributed by atoms with Gasteiger partial charge in [-0.1, -0.05) is 36.8 Å². The van der Waals surface area contributed by atoms with Gasteiger partial charge in [-0.05, 0) is 36.6 Å². The summed E-state index contributed by atoms with van der Waals surface area (Å²) in [7, 11) is -4.03. The van der Waals surface area contributed by atoms with Crippen LogP contribution in [-0.2, 0) is 24.4 Å². The highest BCUT2D eigenvalue weighted by Gasteiger charge is 2.24. The molecular weight excluding hydrogens is 480 g/mol. The summed E-state index contributed by atoms with van der Waals surface area (Å²) in [5, 5.41) is 29.9. The number of hydrogen-bond donors (Lipinski definition) is 5. The lowest BCUT2D eigenvalue weighted by Gasteiger charge is -2.19. The number of nitrogens with one attached hydrogen (secondary N) is 2. The third-order valence-electron chi connectivity index (χ3n) is 5.13. The van der Waals surface area contributed by atoms with Gasteiger partial charge < -0.3 is 25.4 Å². The first kappa shape index (κ1) is 27.5. The number of aldehydes is 1. The molecule has 0 aromatic heterocycles. The summed E-state index contributed by atoms with van der Waals surface area (Å²) in [5.41, 5.74) is 0.122. The van der Waals surface area contributed by atoms with Crippen molar-refractivity contribution in [3.8, 4) is 5.75 Å². The van der Waals surface area contributed by atoms with Crippen molar-refractivity contribution in [1.29, 1.82) is 0 Å². The lowest BCUT2D eigenvalue weighted by molar-refractivity contribution is -0.138. The molecule has 0 fully saturated rings. The molecule has 0 radical (unpaired) electrons. The Balaban J connectivity index is 1.99. The molecule has 0 bridgehead atoms. The SMILES string of the molecule is O=CC(CC(=O)O)NC(=O)C(CCCCNS(=O)(=O)c1ccc(O)c(C(=O)O)c1)c1ccccc1. The van der Waals surface area contributed by atoms with E-state index >= 15 is 0 Å². The summed E-state index contributed by atoms with van der Waals surface area (Å²) in [6, 6.07) is 10.5. The number of carboxylic acid groups (broad SMARTS) is 2. The fourth-order valence-corrected chi connectivity index (χ4v) is 4.46. The lowest BCUT2D eigenvalue weighted by atomic mass is 9.92. The molecule has 5 N–H and O–H groups in total. The van der Waals surface area contributed by atoms with E-state index in [0.717, 1.165) is 18.2 Å². The van der Waals surface area contributed by atoms with Crippen molar-refractivity contribution in [2.45, 2.75) is 42.5 Å². The van der Waals surface area contributed by atoms with Crippen molar-refractivity contribution in [2.75, 3.05) is 6.54 Å². The number of unbranched alkanes of at least 4 members (excludes halogenated alkanes) is 1. The maximum absolute atomic E-state index is 12.8. The van der Waals surface area contributed by atoms with Crippen LogP contribution in [0.3, 0.4) is 0 Å². The number of rotatable bonds is 14. The summed E-state index contributed by atoms with van der Waals surface area (Å²) in [6.45, 7) is 0.00468. The third kappa shape index (κ3) is 8.19. The Bertz CT molecular complexity index is 1170. The first-order valence-corrected chi connectivity index (χ1v) is 12.1. The summed E-state index contributed by atoms with van der Waals surface area (Å²) in [5.74, 6) is -4.44. The molecule has 0 heterocycles. The van der Waals surface area contributed by atoms with Crippen molar-refractivity contribution < 1.29 is 42.9 Å². The molecule has 2 unspecified atom stereocenters. The molecule has 2 aromatic rings. The van der Waals surface area contributed by atoms with Gasteiger partial charge in [0, 0.05) is 6.54 Å². The van der Waals surface area contributed by atoms with Crippen molar-refractivity contribution in [3.63, 3.8) is 0 Å². The quantitative estimate of drug-likeness (QED) is 0.187. The van der Waals surface area contributed by atoms with Gasteiger partial charge in [0.05, 0.1) is 23.3 Å². The molecular formula is C23H26N2O9S. The number of aliphatic carboxylic acids is 1. The Morgan fingerprint density at radius 1 is 1.00 bits per heavy atom. The van der Waals surface area contributed by atoms with Crippen LogP contribution in [0.2, 0.25) is 0 Å². The minimum atomic E-state index is -4.03. The fraction of sp³-hybridized carbons (Fsp3) is 0.304. The number of carbonyl (C=O) groups is 4. The number of aromatic hydroxyl groups is 1. The van der Waals surface area contributed by atoms with E-state index in [1.54, 1.807) is 30.3 Å². The van der Waals surface area contributed by atoms with Crippen LogP contribution >= 0.6 is 0 Å². The largest absolute Gasteiger partial charge is 0.507 e. The van der Waals surface area contributed by atoms with Gasteiger partial charge in [-0.3, -0.25) is 9.59 Å². The zero-order chi connectivity index (χ0) is 26.0. The highest BCUT2D eigenvalue weighted by molar-refractivity contribution is 7.89. The predicted octanol–water partition coefficient (Wildman–Crippen LogP) is 1.48. The van der Waals surface area contributed by atoms with E-state index in [-0.39, 0.29) is 11.4 Å². The topological polar surface area (TPSA) is 187 Å². The Labute approximate surface area is 201 Å². The zero-order valence-corrected chi connectivity index (χ0v) is 19.4. The number of aromatic carboxylic acids is 1. The monoisotopic (exact) mass is 506 g/mol. The van der Waals surface area contributed by atoms with Crippen LogP contribution in [0.4, 0.5) is 0 Å². The summed E-state index contributed by atoms with van der Waals surface area (Å²) < 4.78 is 27.3. The second-order valence-electron chi connectivity index (χ2n) is 7.69. The van der Waals surface area contributed by atoms with Gasteiger partial charge >= 0.3 is 11.9 Å². The van der Waals surface area contributed by atoms with Crippen LogP contribution in [0.1, 0.15) is 47.5 Å². The van der Waals surface area contributed by atoms with Crippen LogP contribution in [0.5, 0.6) is 5.75 Å². The molecule has 0 aliphatic rings. The number of phenols is 1. The Morgan fingerprint density at radius 3 is 2.29 bits per heavy atom. The predicted molar refractivity (Wildman–Crippen MR) is 124 cm³/mol. The van der Waals surface area contributed by atoms with Gasteiger partial charge in [-0.15, -0.1) is 0 Å². The first-order chi connectivity index (χ1) is 16.5. The van der Waals surface area contributed by atoms with Gasteiger partial charge in [0.25, 0.3) is 0 Å². The number of benzene rings is 2. The van der Waals surface area contributed by atoms with Crippen molar-refractivity contribution in [2.24, 2.45) is 0 Å². The van der Waals surface area contributed by atoms with E-state index in [9.17, 15) is 32.7 Å². The summed E-state index contributed by atoms with van der Waals surface area (Å²) in [6.07, 6.45) is 0.877. The van der Waals surface area contributed by atoms with E-state index in [1.165, 1.54) is 0 Å². The second-order valence-corrected chi connectivity index (χ2v) is 9.46. The van der Waals surface area contributed by atoms with Crippen LogP contribution in [-0.4, -0.2) is 60.5 Å². The van der Waals surface area contributed by atoms with Crippen LogP contribution in [0.15, 0.2) is 53.4 Å². The summed E-state index contributed by atoms with van der Waals surface area (Å²) >= 11 is 0. The van der Waals surface area contributed by atoms with Gasteiger partial charge in [-0.25, -0.2) is 17.9 Å². The molecule has 2 aromatic carbocycles. The maximum Gasteiger partial charge on any atom is 0.339 e. The van der Waals surface area contributed by atoms with Gasteiger partial charge in [0.2, 0.25) is 15.9 Å². The molecule has 1 amide bonds. The van der Waals surface area contributed by atoms with Crippen molar-refractivity contribution in [3.05, 3.63) is 59.7 Å². The molecule has 188 valence electrons. The van der Waals surface area contributed by atoms with Gasteiger partial charge in [0.15, 0.2) is 0 Å². The Morgan fingerprint density at radius 2 is 1.69 bits per heavy atom. The van der Waals surface area contributed by atoms with Crippen molar-refractivity contribution in [1.82, 2.24) is 10.0 Å². The highest BCUT2D eigenvalue weighted by atomic mass is 32.2. The molecule has 0 saturated heterocycles. The normalized spacial score (nSPS) is 12.9. The zero-order valence-electron chi connectivity index (χ0n) is 18.6. The van der Waals surface area contributed by atoms with Gasteiger partial charge in [0.1, 0.15) is 17.6 Å². The van der Waals surface area contributed by atoms with E-state index < -0.39 is 57.6 Å². The van der Waals surface area contributed by atoms with Crippen LogP contribution in [0.25, 0.3) is 0 Å². The van der Waals surface area contributed by atoms with Crippen LogP contribution < -0.4 is 10.0 Å². The van der Waals surface area contributed by atoms with E-state index in [2.05, 4.69) is 10.0 Å². The lowest BCUT2D eigenvalue weighted by Crippen LogP contribution is -2.40. The molecule has 35 heavy (non-hydrogen) atoms.